The first kappa shape index (κ1) is 14.5. The summed E-state index contributed by atoms with van der Waals surface area (Å²) in [6, 6.07) is 21.0. The second kappa shape index (κ2) is 6.16. The summed E-state index contributed by atoms with van der Waals surface area (Å²) >= 11 is 5.42. The van der Waals surface area contributed by atoms with E-state index < -0.39 is 0 Å². The van der Waals surface area contributed by atoms with Gasteiger partial charge in [-0.3, -0.25) is 0 Å². The van der Waals surface area contributed by atoms with E-state index in [2.05, 4.69) is 6.07 Å². The molecule has 22 heavy (non-hydrogen) atoms. The lowest BCUT2D eigenvalue weighted by molar-refractivity contribution is 0.476. The number of ether oxygens (including phenoxy) is 1. The number of thiocarbonyl (C=S) groups is 1. The summed E-state index contributed by atoms with van der Waals surface area (Å²) in [6.07, 6.45) is 0. The Morgan fingerprint density at radius 2 is 1.64 bits per heavy atom. The maximum Gasteiger partial charge on any atom is 0.174 e. The highest BCUT2D eigenvalue weighted by molar-refractivity contribution is 7.80. The van der Waals surface area contributed by atoms with E-state index in [4.69, 9.17) is 17.0 Å². The van der Waals surface area contributed by atoms with Gasteiger partial charge in [-0.25, -0.2) is 0 Å². The van der Waals surface area contributed by atoms with E-state index in [1.165, 1.54) is 0 Å². The zero-order valence-corrected chi connectivity index (χ0v) is 13.0. The van der Waals surface area contributed by atoms with E-state index in [1.807, 2.05) is 55.5 Å². The summed E-state index contributed by atoms with van der Waals surface area (Å²) in [4.78, 5) is 0. The Morgan fingerprint density at radius 3 is 2.41 bits per heavy atom. The summed E-state index contributed by atoms with van der Waals surface area (Å²) in [5, 5.41) is 12.1. The van der Waals surface area contributed by atoms with Gasteiger partial charge in [-0.05, 0) is 52.8 Å². The second-order valence-corrected chi connectivity index (χ2v) is 5.65. The molecule has 110 valence electrons. The summed E-state index contributed by atoms with van der Waals surface area (Å²) < 4.78 is 5.75. The number of aromatic hydroxyl groups is 1. The third-order valence-corrected chi connectivity index (χ3v) is 4.10. The quantitative estimate of drug-likeness (QED) is 0.686. The molecule has 0 spiro atoms. The van der Waals surface area contributed by atoms with Crippen molar-refractivity contribution in [1.82, 2.24) is 0 Å². The van der Waals surface area contributed by atoms with Crippen molar-refractivity contribution < 1.29 is 9.84 Å². The average molecular weight is 308 g/mol. The minimum atomic E-state index is 0.00779. The zero-order valence-electron chi connectivity index (χ0n) is 12.2. The van der Waals surface area contributed by atoms with Crippen LogP contribution in [0.15, 0.2) is 66.7 Å². The van der Waals surface area contributed by atoms with Crippen molar-refractivity contribution in [2.24, 2.45) is 0 Å². The number of rotatable bonds is 3. The molecule has 0 radical (unpaired) electrons. The van der Waals surface area contributed by atoms with Crippen LogP contribution < -0.4 is 4.74 Å². The van der Waals surface area contributed by atoms with Crippen LogP contribution in [-0.4, -0.2) is 10.2 Å². The lowest BCUT2D eigenvalue weighted by Gasteiger charge is -2.15. The van der Waals surface area contributed by atoms with E-state index in [-0.39, 0.29) is 11.7 Å². The number of phenols is 1. The van der Waals surface area contributed by atoms with E-state index in [1.54, 1.807) is 12.1 Å². The number of phenolic OH excluding ortho intramolecular Hbond substituents is 1. The van der Waals surface area contributed by atoms with Gasteiger partial charge in [0.2, 0.25) is 0 Å². The van der Waals surface area contributed by atoms with Gasteiger partial charge in [0.05, 0.1) is 5.92 Å². The summed E-state index contributed by atoms with van der Waals surface area (Å²) in [5.74, 6) is 1.04. The van der Waals surface area contributed by atoms with Crippen LogP contribution in [0, 0.1) is 0 Å². The molecule has 0 saturated carbocycles. The average Bonchev–Trinajstić information content (AvgIpc) is 2.54. The van der Waals surface area contributed by atoms with Crippen LogP contribution >= 0.6 is 12.2 Å². The Labute approximate surface area is 135 Å². The predicted molar refractivity (Wildman–Crippen MR) is 93.7 cm³/mol. The van der Waals surface area contributed by atoms with E-state index in [0.717, 1.165) is 22.1 Å². The van der Waals surface area contributed by atoms with Crippen LogP contribution in [0.3, 0.4) is 0 Å². The SMILES string of the molecule is CC(C(=S)Oc1ccccc1)c1ccc2cc(O)ccc2c1. The fourth-order valence-corrected chi connectivity index (χ4v) is 2.58. The van der Waals surface area contributed by atoms with Crippen LogP contribution in [0.5, 0.6) is 11.5 Å². The molecule has 1 unspecified atom stereocenters. The molecule has 3 aromatic rings. The molecule has 0 bridgehead atoms. The first-order valence-corrected chi connectivity index (χ1v) is 7.54. The molecule has 0 heterocycles. The highest BCUT2D eigenvalue weighted by atomic mass is 32.1. The van der Waals surface area contributed by atoms with E-state index in [9.17, 15) is 5.11 Å². The molecule has 0 amide bonds. The van der Waals surface area contributed by atoms with Gasteiger partial charge in [0.25, 0.3) is 0 Å². The number of hydrogen-bond donors (Lipinski definition) is 1. The fraction of sp³-hybridized carbons (Fsp3) is 0.105. The third kappa shape index (κ3) is 3.10. The summed E-state index contributed by atoms with van der Waals surface area (Å²) in [7, 11) is 0. The highest BCUT2D eigenvalue weighted by Gasteiger charge is 2.14. The van der Waals surface area contributed by atoms with Crippen molar-refractivity contribution in [3.05, 3.63) is 72.3 Å². The van der Waals surface area contributed by atoms with Gasteiger partial charge in [0.1, 0.15) is 11.5 Å². The highest BCUT2D eigenvalue weighted by Crippen LogP contribution is 2.26. The lowest BCUT2D eigenvalue weighted by atomic mass is 9.98. The molecular weight excluding hydrogens is 292 g/mol. The largest absolute Gasteiger partial charge is 0.508 e. The van der Waals surface area contributed by atoms with Gasteiger partial charge in [-0.15, -0.1) is 0 Å². The molecule has 0 aliphatic rings. The predicted octanol–water partition coefficient (Wildman–Crippen LogP) is 5.06. The smallest absolute Gasteiger partial charge is 0.174 e. The Balaban J connectivity index is 1.83. The Morgan fingerprint density at radius 1 is 0.955 bits per heavy atom. The van der Waals surface area contributed by atoms with Crippen molar-refractivity contribution in [2.45, 2.75) is 12.8 Å². The van der Waals surface area contributed by atoms with Crippen LogP contribution in [0.4, 0.5) is 0 Å². The number of fused-ring (bicyclic) bond motifs is 1. The van der Waals surface area contributed by atoms with E-state index in [0.29, 0.717) is 5.05 Å². The molecule has 0 aromatic heterocycles. The van der Waals surface area contributed by atoms with Crippen LogP contribution in [-0.2, 0) is 0 Å². The van der Waals surface area contributed by atoms with Crippen LogP contribution in [0.1, 0.15) is 18.4 Å². The number of hydrogen-bond acceptors (Lipinski definition) is 3. The van der Waals surface area contributed by atoms with Crippen molar-refractivity contribution >= 4 is 28.0 Å². The van der Waals surface area contributed by atoms with Gasteiger partial charge in [-0.2, -0.15) is 0 Å². The maximum atomic E-state index is 9.52. The molecule has 0 aliphatic heterocycles. The van der Waals surface area contributed by atoms with Crippen molar-refractivity contribution in [3.8, 4) is 11.5 Å². The van der Waals surface area contributed by atoms with Gasteiger partial charge in [0, 0.05) is 0 Å². The summed E-state index contributed by atoms with van der Waals surface area (Å²) in [6.45, 7) is 2.03. The molecule has 3 rings (SSSR count). The summed E-state index contributed by atoms with van der Waals surface area (Å²) in [5.41, 5.74) is 1.10. The molecule has 0 saturated heterocycles. The standard InChI is InChI=1S/C19H16O2S/c1-13(19(22)21-18-5-3-2-4-6-18)14-7-8-16-12-17(20)10-9-15(16)11-14/h2-13,20H,1H3. The minimum absolute atomic E-state index is 0.00779. The molecule has 1 N–H and O–H groups in total. The monoisotopic (exact) mass is 308 g/mol. The first-order valence-electron chi connectivity index (χ1n) is 7.13. The van der Waals surface area contributed by atoms with Gasteiger partial charge < -0.3 is 9.84 Å². The fourth-order valence-electron chi connectivity index (χ4n) is 2.35. The maximum absolute atomic E-state index is 9.52. The van der Waals surface area contributed by atoms with Crippen LogP contribution in [0.25, 0.3) is 10.8 Å². The van der Waals surface area contributed by atoms with Crippen molar-refractivity contribution in [1.29, 1.82) is 0 Å². The molecule has 2 nitrogen and oxygen atoms in total. The molecule has 0 fully saturated rings. The number of para-hydroxylation sites is 1. The van der Waals surface area contributed by atoms with Crippen LogP contribution in [0.2, 0.25) is 0 Å². The van der Waals surface area contributed by atoms with Crippen molar-refractivity contribution in [2.75, 3.05) is 0 Å². The number of benzene rings is 3. The molecular formula is C19H16O2S. The zero-order chi connectivity index (χ0) is 15.5. The van der Waals surface area contributed by atoms with Gasteiger partial charge in [0.15, 0.2) is 5.05 Å². The molecule has 1 atom stereocenters. The Kier molecular flexibility index (Phi) is 4.07. The topological polar surface area (TPSA) is 29.5 Å². The molecule has 3 aromatic carbocycles. The Hall–Kier alpha value is -2.39. The molecule has 3 heteroatoms. The van der Waals surface area contributed by atoms with Gasteiger partial charge in [-0.1, -0.05) is 49.4 Å². The second-order valence-electron chi connectivity index (χ2n) is 5.25. The minimum Gasteiger partial charge on any atom is -0.508 e. The normalized spacial score (nSPS) is 12.0. The molecule has 0 aliphatic carbocycles. The third-order valence-electron chi connectivity index (χ3n) is 3.66. The van der Waals surface area contributed by atoms with Gasteiger partial charge >= 0.3 is 0 Å². The first-order chi connectivity index (χ1) is 10.6. The van der Waals surface area contributed by atoms with Crippen molar-refractivity contribution in [3.63, 3.8) is 0 Å². The van der Waals surface area contributed by atoms with E-state index >= 15 is 0 Å². The Bertz CT molecular complexity index is 812. The lowest BCUT2D eigenvalue weighted by Crippen LogP contribution is -2.13.